The minimum Gasteiger partial charge on any atom is -0.391 e. The number of aryl methyl sites for hydroxylation is 1. The summed E-state index contributed by atoms with van der Waals surface area (Å²) in [5.74, 6) is 0.818. The molecule has 0 aromatic carbocycles. The fourth-order valence-corrected chi connectivity index (χ4v) is 2.48. The van der Waals surface area contributed by atoms with Crippen molar-refractivity contribution in [1.82, 2.24) is 14.2 Å². The molecule has 1 aliphatic carbocycles. The quantitative estimate of drug-likeness (QED) is 0.854. The van der Waals surface area contributed by atoms with Crippen LogP contribution in [0, 0.1) is 12.8 Å². The standard InChI is InChI=1S/C12H17N3O/c1-9-11(8-16)12-14(5-6-15(12)13-9)7-10-3-2-4-10/h5-6,10,16H,2-4,7-8H2,1H3. The fourth-order valence-electron chi connectivity index (χ4n) is 2.48. The van der Waals surface area contributed by atoms with Crippen molar-refractivity contribution in [3.63, 3.8) is 0 Å². The van der Waals surface area contributed by atoms with Crippen molar-refractivity contribution in [2.24, 2.45) is 5.92 Å². The summed E-state index contributed by atoms with van der Waals surface area (Å²) in [6, 6.07) is 0. The first kappa shape index (κ1) is 9.90. The lowest BCUT2D eigenvalue weighted by Gasteiger charge is -2.25. The number of hydrogen-bond acceptors (Lipinski definition) is 2. The third kappa shape index (κ3) is 1.37. The molecule has 0 saturated heterocycles. The fraction of sp³-hybridized carbons (Fsp3) is 0.583. The molecule has 4 heteroatoms. The number of aromatic nitrogens is 3. The van der Waals surface area contributed by atoms with Gasteiger partial charge in [-0.05, 0) is 25.7 Å². The van der Waals surface area contributed by atoms with Gasteiger partial charge < -0.3 is 9.67 Å². The second-order valence-electron chi connectivity index (χ2n) is 4.74. The van der Waals surface area contributed by atoms with Crippen LogP contribution in [0.5, 0.6) is 0 Å². The van der Waals surface area contributed by atoms with Gasteiger partial charge in [-0.1, -0.05) is 6.42 Å². The molecule has 2 aromatic rings. The first-order valence-electron chi connectivity index (χ1n) is 5.93. The summed E-state index contributed by atoms with van der Waals surface area (Å²) in [5.41, 5.74) is 2.96. The number of fused-ring (bicyclic) bond motifs is 1. The zero-order chi connectivity index (χ0) is 11.1. The molecular formula is C12H17N3O. The van der Waals surface area contributed by atoms with E-state index in [1.165, 1.54) is 19.3 Å². The summed E-state index contributed by atoms with van der Waals surface area (Å²) in [6.07, 6.45) is 8.09. The van der Waals surface area contributed by atoms with Gasteiger partial charge in [0.05, 0.1) is 12.3 Å². The summed E-state index contributed by atoms with van der Waals surface area (Å²) in [5, 5.41) is 13.8. The molecule has 1 aliphatic rings. The Balaban J connectivity index is 2.02. The van der Waals surface area contributed by atoms with Crippen LogP contribution < -0.4 is 0 Å². The van der Waals surface area contributed by atoms with E-state index in [-0.39, 0.29) is 6.61 Å². The molecule has 2 heterocycles. The van der Waals surface area contributed by atoms with E-state index >= 15 is 0 Å². The van der Waals surface area contributed by atoms with Gasteiger partial charge in [0.25, 0.3) is 0 Å². The van der Waals surface area contributed by atoms with Crippen molar-refractivity contribution >= 4 is 5.65 Å². The summed E-state index contributed by atoms with van der Waals surface area (Å²) in [6.45, 7) is 3.09. The number of imidazole rings is 1. The van der Waals surface area contributed by atoms with Crippen molar-refractivity contribution in [2.45, 2.75) is 39.3 Å². The van der Waals surface area contributed by atoms with Gasteiger partial charge in [0.1, 0.15) is 5.65 Å². The van der Waals surface area contributed by atoms with E-state index in [0.29, 0.717) is 0 Å². The van der Waals surface area contributed by atoms with Crippen molar-refractivity contribution in [3.05, 3.63) is 23.7 Å². The van der Waals surface area contributed by atoms with Crippen molar-refractivity contribution in [3.8, 4) is 0 Å². The predicted molar refractivity (Wildman–Crippen MR) is 61.2 cm³/mol. The lowest BCUT2D eigenvalue weighted by Crippen LogP contribution is -2.17. The topological polar surface area (TPSA) is 42.5 Å². The van der Waals surface area contributed by atoms with Gasteiger partial charge in [-0.2, -0.15) is 5.10 Å². The van der Waals surface area contributed by atoms with Crippen LogP contribution in [0.25, 0.3) is 5.65 Å². The maximum atomic E-state index is 9.39. The summed E-state index contributed by atoms with van der Waals surface area (Å²) < 4.78 is 4.11. The van der Waals surface area contributed by atoms with Crippen LogP contribution in [-0.4, -0.2) is 19.3 Å². The van der Waals surface area contributed by atoms with Gasteiger partial charge in [0.15, 0.2) is 0 Å². The van der Waals surface area contributed by atoms with Crippen LogP contribution >= 0.6 is 0 Å². The smallest absolute Gasteiger partial charge is 0.141 e. The largest absolute Gasteiger partial charge is 0.391 e. The van der Waals surface area contributed by atoms with E-state index in [4.69, 9.17) is 0 Å². The van der Waals surface area contributed by atoms with Crippen molar-refractivity contribution in [2.75, 3.05) is 0 Å². The van der Waals surface area contributed by atoms with Gasteiger partial charge in [-0.3, -0.25) is 0 Å². The molecule has 16 heavy (non-hydrogen) atoms. The summed E-state index contributed by atoms with van der Waals surface area (Å²) in [7, 11) is 0. The van der Waals surface area contributed by atoms with E-state index in [0.717, 1.165) is 29.4 Å². The molecule has 0 atom stereocenters. The Labute approximate surface area is 94.5 Å². The third-order valence-electron chi connectivity index (χ3n) is 3.68. The Kier molecular flexibility index (Phi) is 2.24. The molecule has 0 bridgehead atoms. The zero-order valence-electron chi connectivity index (χ0n) is 9.56. The van der Waals surface area contributed by atoms with E-state index in [9.17, 15) is 5.11 Å². The lowest BCUT2D eigenvalue weighted by atomic mass is 9.85. The molecule has 0 spiro atoms. The molecular weight excluding hydrogens is 202 g/mol. The average Bonchev–Trinajstić information content (AvgIpc) is 2.70. The average molecular weight is 219 g/mol. The highest BCUT2D eigenvalue weighted by Gasteiger charge is 2.20. The van der Waals surface area contributed by atoms with E-state index < -0.39 is 0 Å². The maximum absolute atomic E-state index is 9.39. The molecule has 86 valence electrons. The van der Waals surface area contributed by atoms with Crippen LogP contribution in [0.4, 0.5) is 0 Å². The highest BCUT2D eigenvalue weighted by atomic mass is 16.3. The zero-order valence-corrected chi connectivity index (χ0v) is 9.56. The molecule has 4 nitrogen and oxygen atoms in total. The first-order chi connectivity index (χ1) is 7.79. The summed E-state index contributed by atoms with van der Waals surface area (Å²) >= 11 is 0. The molecule has 0 radical (unpaired) electrons. The monoisotopic (exact) mass is 219 g/mol. The normalized spacial score (nSPS) is 16.9. The molecule has 1 N–H and O–H groups in total. The Morgan fingerprint density at radius 2 is 2.25 bits per heavy atom. The second kappa shape index (κ2) is 3.63. The van der Waals surface area contributed by atoms with Crippen molar-refractivity contribution < 1.29 is 5.11 Å². The molecule has 0 amide bonds. The van der Waals surface area contributed by atoms with Crippen molar-refractivity contribution in [1.29, 1.82) is 0 Å². The third-order valence-corrected chi connectivity index (χ3v) is 3.68. The van der Waals surface area contributed by atoms with E-state index in [1.807, 2.05) is 17.6 Å². The molecule has 1 saturated carbocycles. The number of aliphatic hydroxyl groups is 1. The van der Waals surface area contributed by atoms with Gasteiger partial charge >= 0.3 is 0 Å². The van der Waals surface area contributed by atoms with Crippen LogP contribution in [0.15, 0.2) is 12.4 Å². The van der Waals surface area contributed by atoms with Gasteiger partial charge in [0, 0.05) is 24.5 Å². The number of hydrogen-bond donors (Lipinski definition) is 1. The Bertz CT molecular complexity index is 508. The number of nitrogens with zero attached hydrogens (tertiary/aromatic N) is 3. The van der Waals surface area contributed by atoms with Crippen LogP contribution in [0.1, 0.15) is 30.5 Å². The number of aliphatic hydroxyl groups excluding tert-OH is 1. The van der Waals surface area contributed by atoms with Crippen LogP contribution in [0.2, 0.25) is 0 Å². The highest BCUT2D eigenvalue weighted by molar-refractivity contribution is 5.51. The minimum atomic E-state index is 0.0734. The SMILES string of the molecule is Cc1nn2ccn(CC3CCC3)c2c1CO. The first-order valence-corrected chi connectivity index (χ1v) is 5.93. The van der Waals surface area contributed by atoms with Gasteiger partial charge in [0.2, 0.25) is 0 Å². The second-order valence-corrected chi connectivity index (χ2v) is 4.74. The Morgan fingerprint density at radius 1 is 1.44 bits per heavy atom. The minimum absolute atomic E-state index is 0.0734. The molecule has 2 aromatic heterocycles. The lowest BCUT2D eigenvalue weighted by molar-refractivity contribution is 0.274. The van der Waals surface area contributed by atoms with E-state index in [2.05, 4.69) is 15.9 Å². The van der Waals surface area contributed by atoms with Crippen LogP contribution in [0.3, 0.4) is 0 Å². The van der Waals surface area contributed by atoms with Gasteiger partial charge in [-0.25, -0.2) is 4.52 Å². The maximum Gasteiger partial charge on any atom is 0.141 e. The molecule has 0 aliphatic heterocycles. The molecule has 1 fully saturated rings. The highest BCUT2D eigenvalue weighted by Crippen LogP contribution is 2.29. The van der Waals surface area contributed by atoms with E-state index in [1.54, 1.807) is 0 Å². The number of rotatable bonds is 3. The van der Waals surface area contributed by atoms with Crippen LogP contribution in [-0.2, 0) is 13.2 Å². The Morgan fingerprint density at radius 3 is 2.88 bits per heavy atom. The molecule has 0 unspecified atom stereocenters. The molecule has 3 rings (SSSR count). The Hall–Kier alpha value is -1.29. The van der Waals surface area contributed by atoms with Gasteiger partial charge in [-0.15, -0.1) is 0 Å². The predicted octanol–water partition coefficient (Wildman–Crippen LogP) is 1.74. The summed E-state index contributed by atoms with van der Waals surface area (Å²) in [4.78, 5) is 0.